The second-order valence-electron chi connectivity index (χ2n) is 6.27. The monoisotopic (exact) mass is 349 g/mol. The highest BCUT2D eigenvalue weighted by Gasteiger charge is 2.43. The molecule has 0 radical (unpaired) electrons. The van der Waals surface area contributed by atoms with Crippen LogP contribution in [0.1, 0.15) is 23.5 Å². The molecule has 7 nitrogen and oxygen atoms in total. The van der Waals surface area contributed by atoms with E-state index in [4.69, 9.17) is 4.74 Å². The van der Waals surface area contributed by atoms with Crippen LogP contribution >= 0.6 is 0 Å². The summed E-state index contributed by atoms with van der Waals surface area (Å²) < 4.78 is 6.77. The first kappa shape index (κ1) is 16.3. The highest BCUT2D eigenvalue weighted by atomic mass is 16.5. The van der Waals surface area contributed by atoms with E-state index < -0.39 is 0 Å². The number of amides is 1. The number of benzene rings is 1. The van der Waals surface area contributed by atoms with Gasteiger partial charge in [-0.05, 0) is 36.1 Å². The summed E-state index contributed by atoms with van der Waals surface area (Å²) in [7, 11) is 1.65. The predicted molar refractivity (Wildman–Crippen MR) is 94.8 cm³/mol. The number of hydrogen-bond acceptors (Lipinski definition) is 5. The van der Waals surface area contributed by atoms with Gasteiger partial charge in [-0.15, -0.1) is 0 Å². The molecule has 0 unspecified atom stereocenters. The molecule has 1 aliphatic rings. The van der Waals surface area contributed by atoms with E-state index in [2.05, 4.69) is 20.4 Å². The molecule has 2 atom stereocenters. The summed E-state index contributed by atoms with van der Waals surface area (Å²) >= 11 is 0. The van der Waals surface area contributed by atoms with Crippen molar-refractivity contribution in [1.82, 2.24) is 25.1 Å². The Morgan fingerprint density at radius 2 is 2.15 bits per heavy atom. The Hall–Kier alpha value is -3.22. The fourth-order valence-electron chi connectivity index (χ4n) is 3.11. The van der Waals surface area contributed by atoms with Crippen LogP contribution < -0.4 is 10.1 Å². The minimum atomic E-state index is 0.0230. The molecule has 0 bridgehead atoms. The summed E-state index contributed by atoms with van der Waals surface area (Å²) in [6.45, 7) is 0.410. The number of nitrogens with one attached hydrogen (secondary N) is 1. The Kier molecular flexibility index (Phi) is 4.35. The topological polar surface area (TPSA) is 81.9 Å². The predicted octanol–water partition coefficient (Wildman–Crippen LogP) is 2.09. The second kappa shape index (κ2) is 6.95. The SMILES string of the molecule is COc1ccc([C@H]2C[C@H]2C(=O)NCc2cccnc2-n2cncn2)cc1. The van der Waals surface area contributed by atoms with Gasteiger partial charge in [-0.1, -0.05) is 18.2 Å². The Bertz CT molecular complexity index is 893. The molecule has 0 saturated heterocycles. The number of ether oxygens (including phenoxy) is 1. The van der Waals surface area contributed by atoms with E-state index in [9.17, 15) is 4.79 Å². The number of hydrogen-bond donors (Lipinski definition) is 1. The van der Waals surface area contributed by atoms with Crippen molar-refractivity contribution in [3.05, 3.63) is 66.4 Å². The van der Waals surface area contributed by atoms with Crippen LogP contribution in [0, 0.1) is 5.92 Å². The molecule has 132 valence electrons. The zero-order chi connectivity index (χ0) is 17.9. The normalized spacial score (nSPS) is 18.3. The van der Waals surface area contributed by atoms with E-state index in [0.29, 0.717) is 12.4 Å². The van der Waals surface area contributed by atoms with Gasteiger partial charge < -0.3 is 10.1 Å². The Morgan fingerprint density at radius 3 is 2.88 bits per heavy atom. The quantitative estimate of drug-likeness (QED) is 0.737. The van der Waals surface area contributed by atoms with E-state index in [1.807, 2.05) is 36.4 Å². The molecule has 4 rings (SSSR count). The zero-order valence-corrected chi connectivity index (χ0v) is 14.4. The molecule has 1 amide bonds. The zero-order valence-electron chi connectivity index (χ0n) is 14.4. The van der Waals surface area contributed by atoms with Crippen LogP contribution in [0.15, 0.2) is 55.2 Å². The molecule has 1 aromatic carbocycles. The lowest BCUT2D eigenvalue weighted by Gasteiger charge is -2.09. The van der Waals surface area contributed by atoms with Crippen molar-refractivity contribution in [2.24, 2.45) is 5.92 Å². The summed E-state index contributed by atoms with van der Waals surface area (Å²) in [6, 6.07) is 11.7. The van der Waals surface area contributed by atoms with Crippen molar-refractivity contribution in [1.29, 1.82) is 0 Å². The first-order valence-electron chi connectivity index (χ1n) is 8.47. The van der Waals surface area contributed by atoms with E-state index in [1.165, 1.54) is 11.9 Å². The van der Waals surface area contributed by atoms with Gasteiger partial charge in [0.25, 0.3) is 0 Å². The summed E-state index contributed by atoms with van der Waals surface area (Å²) in [4.78, 5) is 20.8. The van der Waals surface area contributed by atoms with Crippen LogP contribution in [-0.2, 0) is 11.3 Å². The van der Waals surface area contributed by atoms with Crippen molar-refractivity contribution in [3.63, 3.8) is 0 Å². The van der Waals surface area contributed by atoms with Gasteiger partial charge in [-0.2, -0.15) is 5.10 Å². The average molecular weight is 349 g/mol. The molecular formula is C19H19N5O2. The largest absolute Gasteiger partial charge is 0.497 e. The summed E-state index contributed by atoms with van der Waals surface area (Å²) in [5.41, 5.74) is 2.07. The number of methoxy groups -OCH3 is 1. The van der Waals surface area contributed by atoms with Gasteiger partial charge in [0.15, 0.2) is 5.82 Å². The molecular weight excluding hydrogens is 330 g/mol. The minimum Gasteiger partial charge on any atom is -0.497 e. The van der Waals surface area contributed by atoms with Gasteiger partial charge in [-0.3, -0.25) is 4.79 Å². The lowest BCUT2D eigenvalue weighted by Crippen LogP contribution is -2.25. The molecule has 1 saturated carbocycles. The maximum absolute atomic E-state index is 12.5. The highest BCUT2D eigenvalue weighted by Crippen LogP contribution is 2.47. The van der Waals surface area contributed by atoms with Gasteiger partial charge in [0.05, 0.1) is 7.11 Å². The molecule has 1 aliphatic carbocycles. The van der Waals surface area contributed by atoms with Gasteiger partial charge in [-0.25, -0.2) is 14.6 Å². The Balaban J connectivity index is 1.38. The van der Waals surface area contributed by atoms with Crippen LogP contribution in [-0.4, -0.2) is 32.8 Å². The van der Waals surface area contributed by atoms with Crippen molar-refractivity contribution < 1.29 is 9.53 Å². The van der Waals surface area contributed by atoms with Gasteiger partial charge >= 0.3 is 0 Å². The summed E-state index contributed by atoms with van der Waals surface area (Å²) in [5.74, 6) is 1.87. The molecule has 0 aliphatic heterocycles. The summed E-state index contributed by atoms with van der Waals surface area (Å²) in [5, 5.41) is 7.13. The second-order valence-corrected chi connectivity index (χ2v) is 6.27. The third-order valence-corrected chi connectivity index (χ3v) is 4.63. The number of pyridine rings is 1. The molecule has 26 heavy (non-hydrogen) atoms. The standard InChI is InChI=1S/C19H19N5O2/c1-26-15-6-4-13(5-7-15)16-9-17(16)19(25)22-10-14-3-2-8-21-18(14)24-12-20-11-23-24/h2-8,11-12,16-17H,9-10H2,1H3,(H,22,25)/t16-,17-/m1/s1. The number of carbonyl (C=O) groups is 1. The van der Waals surface area contributed by atoms with Crippen LogP contribution in [0.4, 0.5) is 0 Å². The van der Waals surface area contributed by atoms with Crippen LogP contribution in [0.3, 0.4) is 0 Å². The third kappa shape index (κ3) is 3.28. The van der Waals surface area contributed by atoms with E-state index in [0.717, 1.165) is 17.7 Å². The minimum absolute atomic E-state index is 0.0230. The number of carbonyl (C=O) groups excluding carboxylic acids is 1. The van der Waals surface area contributed by atoms with E-state index in [1.54, 1.807) is 24.3 Å². The van der Waals surface area contributed by atoms with Gasteiger partial charge in [0, 0.05) is 24.2 Å². The summed E-state index contributed by atoms with van der Waals surface area (Å²) in [6.07, 6.45) is 5.62. The fourth-order valence-corrected chi connectivity index (χ4v) is 3.11. The fraction of sp³-hybridized carbons (Fsp3) is 0.263. The molecule has 2 aromatic heterocycles. The lowest BCUT2D eigenvalue weighted by atomic mass is 10.1. The van der Waals surface area contributed by atoms with Crippen molar-refractivity contribution in [2.75, 3.05) is 7.11 Å². The van der Waals surface area contributed by atoms with Crippen molar-refractivity contribution >= 4 is 5.91 Å². The van der Waals surface area contributed by atoms with Gasteiger partial charge in [0.2, 0.25) is 5.91 Å². The van der Waals surface area contributed by atoms with E-state index >= 15 is 0 Å². The van der Waals surface area contributed by atoms with Crippen LogP contribution in [0.2, 0.25) is 0 Å². The van der Waals surface area contributed by atoms with E-state index in [-0.39, 0.29) is 17.7 Å². The number of aromatic nitrogens is 4. The number of nitrogens with zero attached hydrogens (tertiary/aromatic N) is 4. The molecule has 0 spiro atoms. The third-order valence-electron chi connectivity index (χ3n) is 4.63. The van der Waals surface area contributed by atoms with Crippen molar-refractivity contribution in [2.45, 2.75) is 18.9 Å². The maximum Gasteiger partial charge on any atom is 0.224 e. The maximum atomic E-state index is 12.5. The van der Waals surface area contributed by atoms with Crippen LogP contribution in [0.25, 0.3) is 5.82 Å². The first-order chi connectivity index (χ1) is 12.8. The number of rotatable bonds is 6. The molecule has 1 fully saturated rings. The smallest absolute Gasteiger partial charge is 0.224 e. The first-order valence-corrected chi connectivity index (χ1v) is 8.47. The highest BCUT2D eigenvalue weighted by molar-refractivity contribution is 5.82. The molecule has 7 heteroatoms. The molecule has 1 N–H and O–H groups in total. The Labute approximate surface area is 151 Å². The Morgan fingerprint density at radius 1 is 1.31 bits per heavy atom. The molecule has 2 heterocycles. The van der Waals surface area contributed by atoms with Crippen LogP contribution in [0.5, 0.6) is 5.75 Å². The average Bonchev–Trinajstić information content (AvgIpc) is 3.31. The van der Waals surface area contributed by atoms with Crippen molar-refractivity contribution in [3.8, 4) is 11.6 Å². The van der Waals surface area contributed by atoms with Gasteiger partial charge in [0.1, 0.15) is 18.4 Å². The lowest BCUT2D eigenvalue weighted by molar-refractivity contribution is -0.122. The molecule has 3 aromatic rings.